The summed E-state index contributed by atoms with van der Waals surface area (Å²) in [6, 6.07) is 14.6. The molecule has 2 aromatic carbocycles. The van der Waals surface area contributed by atoms with Gasteiger partial charge in [-0.1, -0.05) is 30.3 Å². The van der Waals surface area contributed by atoms with Crippen LogP contribution in [0.15, 0.2) is 42.5 Å². The van der Waals surface area contributed by atoms with Crippen LogP contribution >= 0.6 is 0 Å². The second-order valence-electron chi connectivity index (χ2n) is 8.48. The molecule has 1 aliphatic carbocycles. The van der Waals surface area contributed by atoms with Gasteiger partial charge in [0.05, 0.1) is 37.6 Å². The minimum absolute atomic E-state index is 0.0621. The number of hydrogen-bond donors (Lipinski definition) is 2. The topological polar surface area (TPSA) is 68.2 Å². The van der Waals surface area contributed by atoms with E-state index in [0.717, 1.165) is 17.7 Å². The van der Waals surface area contributed by atoms with E-state index in [4.69, 9.17) is 14.2 Å². The van der Waals surface area contributed by atoms with Crippen LogP contribution in [0.2, 0.25) is 0 Å². The van der Waals surface area contributed by atoms with Crippen LogP contribution in [-0.4, -0.2) is 48.3 Å². The highest BCUT2D eigenvalue weighted by Gasteiger charge is 2.29. The van der Waals surface area contributed by atoms with Crippen molar-refractivity contribution < 1.29 is 24.4 Å². The van der Waals surface area contributed by atoms with Gasteiger partial charge in [-0.3, -0.25) is 0 Å². The Bertz CT molecular complexity index is 815. The normalized spacial score (nSPS) is 24.0. The number of aliphatic hydroxyl groups is 2. The lowest BCUT2D eigenvalue weighted by Gasteiger charge is -2.32. The Labute approximate surface area is 178 Å². The smallest absolute Gasteiger partial charge is 0.119 e. The quantitative estimate of drug-likeness (QED) is 0.615. The Morgan fingerprint density at radius 3 is 2.57 bits per heavy atom. The number of rotatable bonds is 9. The molecule has 1 aliphatic heterocycles. The van der Waals surface area contributed by atoms with Crippen molar-refractivity contribution >= 4 is 0 Å². The number of aliphatic hydroxyl groups excluding tert-OH is 2. The molecule has 30 heavy (non-hydrogen) atoms. The Morgan fingerprint density at radius 1 is 1.03 bits per heavy atom. The Kier molecular flexibility index (Phi) is 7.05. The summed E-state index contributed by atoms with van der Waals surface area (Å²) in [5.41, 5.74) is 4.74. The molecule has 0 bridgehead atoms. The molecule has 0 aromatic heterocycles. The van der Waals surface area contributed by atoms with Gasteiger partial charge in [-0.05, 0) is 60.6 Å². The van der Waals surface area contributed by atoms with Crippen molar-refractivity contribution in [1.29, 1.82) is 0 Å². The lowest BCUT2D eigenvalue weighted by Crippen LogP contribution is -2.33. The Balaban J connectivity index is 1.37. The minimum Gasteiger partial charge on any atom is -0.491 e. The summed E-state index contributed by atoms with van der Waals surface area (Å²) in [6.45, 7) is 3.28. The molecule has 0 radical (unpaired) electrons. The van der Waals surface area contributed by atoms with Crippen molar-refractivity contribution in [2.75, 3.05) is 19.8 Å². The molecular weight excluding hydrogens is 380 g/mol. The number of aryl methyl sites for hydroxylation is 1. The van der Waals surface area contributed by atoms with Crippen molar-refractivity contribution in [3.8, 4) is 5.75 Å². The van der Waals surface area contributed by atoms with Crippen LogP contribution in [0.3, 0.4) is 0 Å². The highest BCUT2D eigenvalue weighted by molar-refractivity contribution is 5.38. The van der Waals surface area contributed by atoms with Gasteiger partial charge < -0.3 is 24.4 Å². The molecule has 2 aromatic rings. The first kappa shape index (κ1) is 21.3. The van der Waals surface area contributed by atoms with E-state index in [1.807, 2.05) is 12.1 Å². The van der Waals surface area contributed by atoms with Crippen molar-refractivity contribution in [2.45, 2.75) is 63.4 Å². The maximum Gasteiger partial charge on any atom is 0.119 e. The highest BCUT2D eigenvalue weighted by atomic mass is 16.5. The SMILES string of the molecule is Cc1ccc([C@H]2CC(O)CC(CO)O2)cc1Cc1ccc(OCCOC2CC2)cc1. The summed E-state index contributed by atoms with van der Waals surface area (Å²) in [6.07, 6.45) is 3.80. The Morgan fingerprint density at radius 2 is 1.83 bits per heavy atom. The Hall–Kier alpha value is -1.92. The molecule has 2 unspecified atom stereocenters. The van der Waals surface area contributed by atoms with Crippen LogP contribution in [-0.2, 0) is 15.9 Å². The molecule has 1 heterocycles. The summed E-state index contributed by atoms with van der Waals surface area (Å²) >= 11 is 0. The summed E-state index contributed by atoms with van der Waals surface area (Å²) in [4.78, 5) is 0. The van der Waals surface area contributed by atoms with E-state index in [0.29, 0.717) is 32.2 Å². The van der Waals surface area contributed by atoms with Gasteiger partial charge in [0.1, 0.15) is 12.4 Å². The zero-order chi connectivity index (χ0) is 20.9. The molecule has 1 saturated heterocycles. The summed E-state index contributed by atoms with van der Waals surface area (Å²) in [5.74, 6) is 0.864. The molecule has 4 rings (SSSR count). The van der Waals surface area contributed by atoms with Crippen LogP contribution in [0.4, 0.5) is 0 Å². The predicted molar refractivity (Wildman–Crippen MR) is 115 cm³/mol. The van der Waals surface area contributed by atoms with Crippen LogP contribution in [0.5, 0.6) is 5.75 Å². The van der Waals surface area contributed by atoms with E-state index < -0.39 is 6.10 Å². The third-order valence-corrected chi connectivity index (χ3v) is 5.87. The first-order valence-electron chi connectivity index (χ1n) is 11.0. The summed E-state index contributed by atoms with van der Waals surface area (Å²) in [5, 5.41) is 19.6. The summed E-state index contributed by atoms with van der Waals surface area (Å²) in [7, 11) is 0. The van der Waals surface area contributed by atoms with Crippen LogP contribution in [0, 0.1) is 6.92 Å². The highest BCUT2D eigenvalue weighted by Crippen LogP contribution is 2.33. The second-order valence-corrected chi connectivity index (χ2v) is 8.48. The largest absolute Gasteiger partial charge is 0.491 e. The molecule has 0 amide bonds. The molecule has 5 nitrogen and oxygen atoms in total. The van der Waals surface area contributed by atoms with E-state index in [1.165, 1.54) is 29.5 Å². The third kappa shape index (κ3) is 5.82. The number of benzene rings is 2. The average molecular weight is 413 g/mol. The van der Waals surface area contributed by atoms with Gasteiger partial charge in [0.2, 0.25) is 0 Å². The molecule has 2 N–H and O–H groups in total. The maximum absolute atomic E-state index is 10.1. The molecule has 3 atom stereocenters. The van der Waals surface area contributed by atoms with E-state index in [9.17, 15) is 10.2 Å². The van der Waals surface area contributed by atoms with E-state index in [-0.39, 0.29) is 18.8 Å². The first-order chi connectivity index (χ1) is 14.6. The maximum atomic E-state index is 10.1. The van der Waals surface area contributed by atoms with Crippen molar-refractivity contribution in [3.05, 3.63) is 64.7 Å². The monoisotopic (exact) mass is 412 g/mol. The van der Waals surface area contributed by atoms with E-state index in [2.05, 4.69) is 37.3 Å². The molecule has 5 heteroatoms. The zero-order valence-corrected chi connectivity index (χ0v) is 17.6. The van der Waals surface area contributed by atoms with Gasteiger partial charge in [0.25, 0.3) is 0 Å². The molecule has 1 saturated carbocycles. The third-order valence-electron chi connectivity index (χ3n) is 5.87. The van der Waals surface area contributed by atoms with Gasteiger partial charge in [-0.25, -0.2) is 0 Å². The van der Waals surface area contributed by atoms with Crippen molar-refractivity contribution in [1.82, 2.24) is 0 Å². The minimum atomic E-state index is -0.437. The molecule has 0 spiro atoms. The fraction of sp³-hybridized carbons (Fsp3) is 0.520. The molecule has 2 aliphatic rings. The fourth-order valence-corrected chi connectivity index (χ4v) is 3.94. The fourth-order valence-electron chi connectivity index (χ4n) is 3.94. The van der Waals surface area contributed by atoms with Crippen LogP contribution in [0.1, 0.15) is 54.0 Å². The first-order valence-corrected chi connectivity index (χ1v) is 11.0. The van der Waals surface area contributed by atoms with Gasteiger partial charge in [0, 0.05) is 12.8 Å². The molecule has 162 valence electrons. The average Bonchev–Trinajstić information content (AvgIpc) is 3.58. The summed E-state index contributed by atoms with van der Waals surface area (Å²) < 4.78 is 17.3. The second kappa shape index (κ2) is 9.92. The number of ether oxygens (including phenoxy) is 3. The standard InChI is InChI=1S/C25H32O5/c1-17-2-5-19(25-15-21(27)14-24(16-26)30-25)13-20(17)12-18-3-6-22(7-4-18)28-10-11-29-23-8-9-23/h2-7,13,21,23-27H,8-12,14-16H2,1H3/t21?,24?,25-/m1/s1. The van der Waals surface area contributed by atoms with Crippen molar-refractivity contribution in [3.63, 3.8) is 0 Å². The lowest BCUT2D eigenvalue weighted by atomic mass is 9.92. The van der Waals surface area contributed by atoms with Gasteiger partial charge in [-0.2, -0.15) is 0 Å². The van der Waals surface area contributed by atoms with Gasteiger partial charge >= 0.3 is 0 Å². The molecular formula is C25H32O5. The van der Waals surface area contributed by atoms with Gasteiger partial charge in [-0.15, -0.1) is 0 Å². The predicted octanol–water partition coefficient (Wildman–Crippen LogP) is 3.72. The van der Waals surface area contributed by atoms with Crippen LogP contribution in [0.25, 0.3) is 0 Å². The van der Waals surface area contributed by atoms with E-state index in [1.54, 1.807) is 0 Å². The van der Waals surface area contributed by atoms with E-state index >= 15 is 0 Å². The lowest BCUT2D eigenvalue weighted by molar-refractivity contribution is -0.113. The zero-order valence-electron chi connectivity index (χ0n) is 17.6. The van der Waals surface area contributed by atoms with Crippen LogP contribution < -0.4 is 4.74 Å². The molecule has 2 fully saturated rings. The number of hydrogen-bond acceptors (Lipinski definition) is 5. The van der Waals surface area contributed by atoms with Crippen molar-refractivity contribution in [2.24, 2.45) is 0 Å². The van der Waals surface area contributed by atoms with Gasteiger partial charge in [0.15, 0.2) is 0 Å².